The van der Waals surface area contributed by atoms with E-state index in [4.69, 9.17) is 0 Å². The van der Waals surface area contributed by atoms with E-state index in [9.17, 15) is 18.0 Å². The smallest absolute Gasteiger partial charge is 0.322 e. The van der Waals surface area contributed by atoms with Gasteiger partial charge < -0.3 is 5.32 Å². The Morgan fingerprint density at radius 3 is 2.56 bits per heavy atom. The molecule has 0 spiro atoms. The molecule has 5 rings (SSSR count). The van der Waals surface area contributed by atoms with Crippen LogP contribution in [0.3, 0.4) is 0 Å². The normalized spacial score (nSPS) is 14.1. The first kappa shape index (κ1) is 22.1. The number of fused-ring (bicyclic) bond motifs is 2. The lowest BCUT2D eigenvalue weighted by molar-refractivity contribution is -0.137. The first-order valence-corrected chi connectivity index (χ1v) is 11.0. The number of para-hydroxylation sites is 1. The third kappa shape index (κ3) is 4.52. The topological polar surface area (TPSA) is 45.2 Å². The summed E-state index contributed by atoms with van der Waals surface area (Å²) in [5.41, 5.74) is 4.41. The van der Waals surface area contributed by atoms with Crippen molar-refractivity contribution < 1.29 is 18.0 Å². The summed E-state index contributed by atoms with van der Waals surface area (Å²) in [5, 5.41) is 3.87. The van der Waals surface area contributed by atoms with Crippen LogP contribution in [-0.2, 0) is 25.7 Å². The average Bonchev–Trinajstić information content (AvgIpc) is 2.83. The number of pyridine rings is 1. The number of carbonyl (C=O) groups excluding carboxylic acids is 1. The summed E-state index contributed by atoms with van der Waals surface area (Å²) in [5.74, 6) is -0.315. The molecule has 34 heavy (non-hydrogen) atoms. The SMILES string of the molecule is O=C(Nc1ccc(C(F)(F)F)cc1)c1cccc2c1CCN(Cc1ccnc3ccccc13)C2. The van der Waals surface area contributed by atoms with Crippen LogP contribution >= 0.6 is 0 Å². The van der Waals surface area contributed by atoms with Crippen LogP contribution in [0.2, 0.25) is 0 Å². The number of nitrogens with one attached hydrogen (secondary N) is 1. The van der Waals surface area contributed by atoms with Crippen LogP contribution in [0.15, 0.2) is 79.0 Å². The minimum absolute atomic E-state index is 0.315. The summed E-state index contributed by atoms with van der Waals surface area (Å²) >= 11 is 0. The molecular formula is C27H22F3N3O. The molecule has 2 heterocycles. The number of amides is 1. The van der Waals surface area contributed by atoms with E-state index >= 15 is 0 Å². The first-order valence-electron chi connectivity index (χ1n) is 11.0. The van der Waals surface area contributed by atoms with E-state index in [0.717, 1.165) is 53.7 Å². The van der Waals surface area contributed by atoms with Crippen molar-refractivity contribution in [1.82, 2.24) is 9.88 Å². The Kier molecular flexibility index (Phi) is 5.79. The summed E-state index contributed by atoms with van der Waals surface area (Å²) in [4.78, 5) is 19.7. The zero-order valence-corrected chi connectivity index (χ0v) is 18.3. The highest BCUT2D eigenvalue weighted by atomic mass is 19.4. The fourth-order valence-corrected chi connectivity index (χ4v) is 4.49. The van der Waals surface area contributed by atoms with Gasteiger partial charge in [-0.2, -0.15) is 13.2 Å². The van der Waals surface area contributed by atoms with Crippen molar-refractivity contribution in [2.24, 2.45) is 0 Å². The predicted molar refractivity (Wildman–Crippen MR) is 125 cm³/mol. The molecular weight excluding hydrogens is 439 g/mol. The number of halogens is 3. The van der Waals surface area contributed by atoms with E-state index in [1.165, 1.54) is 17.7 Å². The zero-order chi connectivity index (χ0) is 23.7. The summed E-state index contributed by atoms with van der Waals surface area (Å²) < 4.78 is 38.4. The minimum atomic E-state index is -4.41. The molecule has 1 N–H and O–H groups in total. The molecule has 172 valence electrons. The van der Waals surface area contributed by atoms with Crippen molar-refractivity contribution in [1.29, 1.82) is 0 Å². The van der Waals surface area contributed by atoms with Crippen molar-refractivity contribution >= 4 is 22.5 Å². The van der Waals surface area contributed by atoms with E-state index in [1.54, 1.807) is 6.07 Å². The van der Waals surface area contributed by atoms with Gasteiger partial charge in [-0.25, -0.2) is 0 Å². The number of hydrogen-bond acceptors (Lipinski definition) is 3. The average molecular weight is 461 g/mol. The zero-order valence-electron chi connectivity index (χ0n) is 18.3. The van der Waals surface area contributed by atoms with E-state index in [2.05, 4.69) is 21.3 Å². The molecule has 1 aromatic heterocycles. The van der Waals surface area contributed by atoms with Crippen molar-refractivity contribution in [3.63, 3.8) is 0 Å². The van der Waals surface area contributed by atoms with Gasteiger partial charge in [-0.3, -0.25) is 14.7 Å². The van der Waals surface area contributed by atoms with Gasteiger partial charge in [-0.15, -0.1) is 0 Å². The first-order chi connectivity index (χ1) is 16.4. The molecule has 0 bridgehead atoms. The number of benzene rings is 3. The number of aromatic nitrogens is 1. The Morgan fingerprint density at radius 2 is 1.76 bits per heavy atom. The van der Waals surface area contributed by atoms with Gasteiger partial charge in [0.1, 0.15) is 0 Å². The van der Waals surface area contributed by atoms with Crippen LogP contribution in [0.25, 0.3) is 10.9 Å². The molecule has 0 saturated carbocycles. The van der Waals surface area contributed by atoms with E-state index < -0.39 is 11.7 Å². The van der Waals surface area contributed by atoms with Gasteiger partial charge in [0.05, 0.1) is 11.1 Å². The maximum absolute atomic E-state index is 12.9. The lowest BCUT2D eigenvalue weighted by atomic mass is 9.93. The highest BCUT2D eigenvalue weighted by Crippen LogP contribution is 2.30. The Balaban J connectivity index is 1.32. The standard InChI is InChI=1S/C27H22F3N3O/c28-27(29,30)20-8-10-21(11-9-20)32-26(34)24-6-3-4-18-16-33(15-13-22(18)24)17-19-12-14-31-25-7-2-1-5-23(19)25/h1-12,14H,13,15-17H2,(H,32,34). The van der Waals surface area contributed by atoms with Gasteiger partial charge >= 0.3 is 6.18 Å². The van der Waals surface area contributed by atoms with Gasteiger partial charge in [-0.1, -0.05) is 30.3 Å². The molecule has 1 amide bonds. The molecule has 0 saturated heterocycles. The van der Waals surface area contributed by atoms with Crippen LogP contribution in [0, 0.1) is 0 Å². The number of carbonyl (C=O) groups is 1. The number of rotatable bonds is 4. The van der Waals surface area contributed by atoms with Crippen molar-refractivity contribution in [3.05, 3.63) is 107 Å². The van der Waals surface area contributed by atoms with Crippen LogP contribution in [0.1, 0.15) is 32.6 Å². The minimum Gasteiger partial charge on any atom is -0.322 e. The van der Waals surface area contributed by atoms with Crippen molar-refractivity contribution in [3.8, 4) is 0 Å². The lowest BCUT2D eigenvalue weighted by Crippen LogP contribution is -2.31. The predicted octanol–water partition coefficient (Wildman–Crippen LogP) is 6.06. The highest BCUT2D eigenvalue weighted by molar-refractivity contribution is 6.05. The van der Waals surface area contributed by atoms with E-state index in [-0.39, 0.29) is 5.91 Å². The third-order valence-corrected chi connectivity index (χ3v) is 6.19. The second-order valence-corrected chi connectivity index (χ2v) is 8.42. The summed E-state index contributed by atoms with van der Waals surface area (Å²) in [6, 6.07) is 20.3. The van der Waals surface area contributed by atoms with Crippen LogP contribution in [0.5, 0.6) is 0 Å². The molecule has 0 radical (unpaired) electrons. The van der Waals surface area contributed by atoms with E-state index in [1.807, 2.05) is 42.6 Å². The van der Waals surface area contributed by atoms with Gasteiger partial charge in [0.15, 0.2) is 0 Å². The molecule has 1 aliphatic heterocycles. The van der Waals surface area contributed by atoms with Gasteiger partial charge in [0.25, 0.3) is 5.91 Å². The molecule has 1 aliphatic rings. The molecule has 4 aromatic rings. The summed E-state index contributed by atoms with van der Waals surface area (Å²) in [6.45, 7) is 2.30. The van der Waals surface area contributed by atoms with Crippen LogP contribution < -0.4 is 5.32 Å². The van der Waals surface area contributed by atoms with Gasteiger partial charge in [-0.05, 0) is 65.6 Å². The van der Waals surface area contributed by atoms with Crippen LogP contribution in [0.4, 0.5) is 18.9 Å². The molecule has 0 atom stereocenters. The summed E-state index contributed by atoms with van der Waals surface area (Å²) in [7, 11) is 0. The maximum atomic E-state index is 12.9. The quantitative estimate of drug-likeness (QED) is 0.402. The van der Waals surface area contributed by atoms with Crippen molar-refractivity contribution in [2.45, 2.75) is 25.7 Å². The van der Waals surface area contributed by atoms with E-state index in [0.29, 0.717) is 17.8 Å². The molecule has 4 nitrogen and oxygen atoms in total. The summed E-state index contributed by atoms with van der Waals surface area (Å²) in [6.07, 6.45) is -1.86. The van der Waals surface area contributed by atoms with Crippen LogP contribution in [-0.4, -0.2) is 22.3 Å². The second-order valence-electron chi connectivity index (χ2n) is 8.42. The Labute approximate surface area is 195 Å². The fourth-order valence-electron chi connectivity index (χ4n) is 4.49. The number of alkyl halides is 3. The second kappa shape index (κ2) is 8.91. The maximum Gasteiger partial charge on any atom is 0.416 e. The number of anilines is 1. The lowest BCUT2D eigenvalue weighted by Gasteiger charge is -2.30. The monoisotopic (exact) mass is 461 g/mol. The Bertz CT molecular complexity index is 1340. The fraction of sp³-hybridized carbons (Fsp3) is 0.185. The molecule has 0 aliphatic carbocycles. The number of hydrogen-bond donors (Lipinski definition) is 1. The molecule has 0 fully saturated rings. The van der Waals surface area contributed by atoms with Gasteiger partial charge in [0.2, 0.25) is 0 Å². The Morgan fingerprint density at radius 1 is 0.971 bits per heavy atom. The Hall–Kier alpha value is -3.71. The van der Waals surface area contributed by atoms with Crippen molar-refractivity contribution in [2.75, 3.05) is 11.9 Å². The molecule has 3 aromatic carbocycles. The largest absolute Gasteiger partial charge is 0.416 e. The third-order valence-electron chi connectivity index (χ3n) is 6.19. The molecule has 7 heteroatoms. The molecule has 0 unspecified atom stereocenters. The van der Waals surface area contributed by atoms with Gasteiger partial charge in [0, 0.05) is 42.5 Å². The number of nitrogens with zero attached hydrogens (tertiary/aromatic N) is 2. The highest BCUT2D eigenvalue weighted by Gasteiger charge is 2.30.